The highest BCUT2D eigenvalue weighted by atomic mass is 19.4. The van der Waals surface area contributed by atoms with Crippen LogP contribution in [-0.4, -0.2) is 23.0 Å². The molecule has 0 aliphatic heterocycles. The second kappa shape index (κ2) is 14.3. The van der Waals surface area contributed by atoms with Gasteiger partial charge in [-0.3, -0.25) is 4.79 Å². The number of anilines is 2. The van der Waals surface area contributed by atoms with Crippen LogP contribution >= 0.6 is 0 Å². The number of hydrogen-bond acceptors (Lipinski definition) is 5. The molecule has 1 heterocycles. The maximum Gasteiger partial charge on any atom is 0.433 e. The molecule has 5 nitrogen and oxygen atoms in total. The van der Waals surface area contributed by atoms with Crippen LogP contribution in [0.5, 0.6) is 0 Å². The summed E-state index contributed by atoms with van der Waals surface area (Å²) in [5, 5.41) is 2.99. The molecule has 0 bridgehead atoms. The SMILES string of the molecule is COC(=O)C1CCCCCCCC(C2CCCC(c3cc(C)cc(Nc4nccc(C(F)(F)F)n4)c3)CCC2)C1. The van der Waals surface area contributed by atoms with Crippen molar-refractivity contribution in [3.05, 3.63) is 47.3 Å². The summed E-state index contributed by atoms with van der Waals surface area (Å²) in [4.78, 5) is 20.2. The molecule has 2 unspecified atom stereocenters. The van der Waals surface area contributed by atoms with Crippen LogP contribution in [0.4, 0.5) is 24.8 Å². The molecule has 4 rings (SSSR count). The van der Waals surface area contributed by atoms with Crippen molar-refractivity contribution in [2.75, 3.05) is 12.4 Å². The minimum Gasteiger partial charge on any atom is -0.469 e. The third-order valence-corrected chi connectivity index (χ3v) is 8.94. The third kappa shape index (κ3) is 8.68. The van der Waals surface area contributed by atoms with Crippen molar-refractivity contribution in [1.29, 1.82) is 0 Å². The van der Waals surface area contributed by atoms with Crippen molar-refractivity contribution in [3.8, 4) is 0 Å². The summed E-state index contributed by atoms with van der Waals surface area (Å²) in [7, 11) is 1.52. The van der Waals surface area contributed by atoms with E-state index in [1.807, 2.05) is 19.1 Å². The number of carbonyl (C=O) groups is 1. The van der Waals surface area contributed by atoms with Crippen LogP contribution < -0.4 is 5.32 Å². The third-order valence-electron chi connectivity index (χ3n) is 8.94. The summed E-state index contributed by atoms with van der Waals surface area (Å²) >= 11 is 0. The van der Waals surface area contributed by atoms with Crippen LogP contribution in [0.2, 0.25) is 0 Å². The van der Waals surface area contributed by atoms with Crippen molar-refractivity contribution < 1.29 is 22.7 Å². The normalized spacial score (nSPS) is 25.3. The van der Waals surface area contributed by atoms with Crippen LogP contribution in [0.3, 0.4) is 0 Å². The molecule has 0 spiro atoms. The Labute approximate surface area is 236 Å². The summed E-state index contributed by atoms with van der Waals surface area (Å²) in [5.74, 6) is 1.60. The smallest absolute Gasteiger partial charge is 0.433 e. The number of hydrogen-bond donors (Lipinski definition) is 1. The quantitative estimate of drug-likeness (QED) is 0.370. The van der Waals surface area contributed by atoms with Crippen molar-refractivity contribution in [3.63, 3.8) is 0 Å². The predicted octanol–water partition coefficient (Wildman–Crippen LogP) is 9.14. The number of halogens is 3. The summed E-state index contributed by atoms with van der Waals surface area (Å²) in [6.07, 6.45) is 12.7. The second-order valence-corrected chi connectivity index (χ2v) is 11.9. The molecule has 2 atom stereocenters. The van der Waals surface area contributed by atoms with E-state index in [1.165, 1.54) is 57.6 Å². The lowest BCUT2D eigenvalue weighted by Gasteiger charge is -2.33. The molecule has 2 aromatic rings. The Morgan fingerprint density at radius 3 is 2.27 bits per heavy atom. The van der Waals surface area contributed by atoms with Gasteiger partial charge in [0.25, 0.3) is 0 Å². The van der Waals surface area contributed by atoms with E-state index < -0.39 is 11.9 Å². The molecule has 0 amide bonds. The number of aromatic nitrogens is 2. The fourth-order valence-electron chi connectivity index (χ4n) is 6.91. The molecule has 8 heteroatoms. The first-order valence-corrected chi connectivity index (χ1v) is 15.1. The van der Waals surface area contributed by atoms with Crippen molar-refractivity contribution >= 4 is 17.6 Å². The molecule has 0 saturated heterocycles. The summed E-state index contributed by atoms with van der Waals surface area (Å²) < 4.78 is 44.5. The monoisotopic (exact) mass is 559 g/mol. The molecule has 220 valence electrons. The Morgan fingerprint density at radius 2 is 1.57 bits per heavy atom. The number of alkyl halides is 3. The van der Waals surface area contributed by atoms with Gasteiger partial charge in [-0.05, 0) is 79.7 Å². The van der Waals surface area contributed by atoms with E-state index in [2.05, 4.69) is 21.4 Å². The topological polar surface area (TPSA) is 64.1 Å². The first-order valence-electron chi connectivity index (χ1n) is 15.1. The van der Waals surface area contributed by atoms with Gasteiger partial charge in [-0.15, -0.1) is 0 Å². The van der Waals surface area contributed by atoms with Gasteiger partial charge in [-0.2, -0.15) is 13.2 Å². The van der Waals surface area contributed by atoms with Gasteiger partial charge in [0.05, 0.1) is 13.0 Å². The number of esters is 1. The first-order chi connectivity index (χ1) is 19.2. The zero-order valence-corrected chi connectivity index (χ0v) is 23.9. The van der Waals surface area contributed by atoms with Gasteiger partial charge >= 0.3 is 12.1 Å². The van der Waals surface area contributed by atoms with E-state index in [1.54, 1.807) is 0 Å². The molecule has 2 saturated carbocycles. The van der Waals surface area contributed by atoms with Crippen LogP contribution in [0, 0.1) is 24.7 Å². The van der Waals surface area contributed by atoms with Crippen LogP contribution in [0.15, 0.2) is 30.5 Å². The van der Waals surface area contributed by atoms with Crippen molar-refractivity contribution in [2.24, 2.45) is 17.8 Å². The average molecular weight is 560 g/mol. The van der Waals surface area contributed by atoms with E-state index in [9.17, 15) is 18.0 Å². The largest absolute Gasteiger partial charge is 0.469 e. The van der Waals surface area contributed by atoms with E-state index >= 15 is 0 Å². The Balaban J connectivity index is 1.40. The van der Waals surface area contributed by atoms with Gasteiger partial charge in [0.2, 0.25) is 5.95 Å². The first kappa shape index (κ1) is 30.3. The number of aryl methyl sites for hydroxylation is 1. The molecular formula is C32H44F3N3O2. The minimum atomic E-state index is -4.51. The molecule has 1 aromatic carbocycles. The van der Waals surface area contributed by atoms with Gasteiger partial charge < -0.3 is 10.1 Å². The Bertz CT molecular complexity index is 1100. The van der Waals surface area contributed by atoms with E-state index in [0.717, 1.165) is 62.8 Å². The number of nitrogens with one attached hydrogen (secondary N) is 1. The summed E-state index contributed by atoms with van der Waals surface area (Å²) in [6.45, 7) is 2.01. The van der Waals surface area contributed by atoms with Gasteiger partial charge in [0, 0.05) is 11.9 Å². The summed E-state index contributed by atoms with van der Waals surface area (Å²) in [6, 6.07) is 7.04. The second-order valence-electron chi connectivity index (χ2n) is 11.9. The lowest BCUT2D eigenvalue weighted by atomic mass is 9.72. The fourth-order valence-corrected chi connectivity index (χ4v) is 6.91. The predicted molar refractivity (Wildman–Crippen MR) is 151 cm³/mol. The minimum absolute atomic E-state index is 0.0316. The molecule has 2 aliphatic rings. The number of carbonyl (C=O) groups excluding carboxylic acids is 1. The molecule has 40 heavy (non-hydrogen) atoms. The highest BCUT2D eigenvalue weighted by Gasteiger charge is 2.33. The zero-order chi connectivity index (χ0) is 28.5. The van der Waals surface area contributed by atoms with E-state index in [-0.39, 0.29) is 17.8 Å². The molecule has 2 aliphatic carbocycles. The molecular weight excluding hydrogens is 515 g/mol. The van der Waals surface area contributed by atoms with Crippen LogP contribution in [0.1, 0.15) is 113 Å². The summed E-state index contributed by atoms with van der Waals surface area (Å²) in [5.41, 5.74) is 2.03. The number of methoxy groups -OCH3 is 1. The molecule has 1 N–H and O–H groups in total. The number of ether oxygens (including phenoxy) is 1. The van der Waals surface area contributed by atoms with Crippen molar-refractivity contribution in [1.82, 2.24) is 9.97 Å². The number of benzene rings is 1. The van der Waals surface area contributed by atoms with Gasteiger partial charge in [-0.1, -0.05) is 70.3 Å². The lowest BCUT2D eigenvalue weighted by Crippen LogP contribution is -2.25. The standard InChI is InChI=1S/C32H44F3N3O2/c1-22-18-27(21-28(19-22)37-31-36-17-16-29(38-31)32(33,34)35)24-14-8-12-23(13-9-15-24)25-10-6-4-3-5-7-11-26(20-25)30(39)40-2/h16-19,21,23-26H,3-15,20H2,1-2H3,(H,36,37,38). The van der Waals surface area contributed by atoms with E-state index in [0.29, 0.717) is 23.4 Å². The maximum absolute atomic E-state index is 13.1. The molecule has 2 fully saturated rings. The number of nitrogens with zero attached hydrogens (tertiary/aromatic N) is 2. The van der Waals surface area contributed by atoms with E-state index in [4.69, 9.17) is 4.74 Å². The lowest BCUT2D eigenvalue weighted by molar-refractivity contribution is -0.146. The van der Waals surface area contributed by atoms with Crippen LogP contribution in [0.25, 0.3) is 0 Å². The number of rotatable bonds is 5. The average Bonchev–Trinajstić information content (AvgIpc) is 2.90. The molecule has 0 radical (unpaired) electrons. The zero-order valence-electron chi connectivity index (χ0n) is 23.9. The van der Waals surface area contributed by atoms with Gasteiger partial charge in [0.15, 0.2) is 0 Å². The van der Waals surface area contributed by atoms with Gasteiger partial charge in [-0.25, -0.2) is 9.97 Å². The highest BCUT2D eigenvalue weighted by Crippen LogP contribution is 2.41. The Kier molecular flexibility index (Phi) is 10.8. The van der Waals surface area contributed by atoms with Crippen LogP contribution in [-0.2, 0) is 15.7 Å². The Hall–Kier alpha value is -2.64. The molecule has 1 aromatic heterocycles. The fraction of sp³-hybridized carbons (Fsp3) is 0.656. The van der Waals surface area contributed by atoms with Crippen molar-refractivity contribution in [2.45, 2.75) is 109 Å². The van der Waals surface area contributed by atoms with Gasteiger partial charge in [0.1, 0.15) is 5.69 Å². The maximum atomic E-state index is 13.1. The Morgan fingerprint density at radius 1 is 0.900 bits per heavy atom. The highest BCUT2D eigenvalue weighted by molar-refractivity contribution is 5.72.